The van der Waals surface area contributed by atoms with Gasteiger partial charge in [0.05, 0.1) is 5.56 Å². The Kier molecular flexibility index (Phi) is 5.39. The molecule has 6 nitrogen and oxygen atoms in total. The number of anilines is 1. The van der Waals surface area contributed by atoms with Crippen molar-refractivity contribution in [1.82, 2.24) is 5.32 Å². The highest BCUT2D eigenvalue weighted by atomic mass is 16.4. The lowest BCUT2D eigenvalue weighted by molar-refractivity contribution is -0.117. The summed E-state index contributed by atoms with van der Waals surface area (Å²) in [5.74, 6) is -0.461. The maximum absolute atomic E-state index is 12.6. The first-order valence-corrected chi connectivity index (χ1v) is 10.4. The van der Waals surface area contributed by atoms with Gasteiger partial charge in [-0.15, -0.1) is 0 Å². The summed E-state index contributed by atoms with van der Waals surface area (Å²) >= 11 is 0. The van der Waals surface area contributed by atoms with E-state index in [2.05, 4.69) is 16.3 Å². The van der Waals surface area contributed by atoms with Gasteiger partial charge in [-0.25, -0.2) is 4.79 Å². The van der Waals surface area contributed by atoms with Gasteiger partial charge in [-0.1, -0.05) is 13.3 Å². The summed E-state index contributed by atoms with van der Waals surface area (Å²) in [5.41, 5.74) is 3.93. The molecule has 0 spiro atoms. The highest BCUT2D eigenvalue weighted by Gasteiger charge is 2.27. The third-order valence-electron chi connectivity index (χ3n) is 5.72. The fourth-order valence-corrected chi connectivity index (χ4v) is 4.34. The molecule has 1 amide bonds. The molecule has 0 bridgehead atoms. The molecule has 0 fully saturated rings. The van der Waals surface area contributed by atoms with Crippen LogP contribution in [0.1, 0.15) is 49.3 Å². The minimum atomic E-state index is -0.518. The zero-order chi connectivity index (χ0) is 20.4. The second kappa shape index (κ2) is 8.12. The zero-order valence-electron chi connectivity index (χ0n) is 16.7. The Morgan fingerprint density at radius 3 is 2.86 bits per heavy atom. The maximum Gasteiger partial charge on any atom is 0.343 e. The fourth-order valence-electron chi connectivity index (χ4n) is 4.34. The van der Waals surface area contributed by atoms with Gasteiger partial charge in [0.1, 0.15) is 17.2 Å². The van der Waals surface area contributed by atoms with E-state index in [1.807, 2.05) is 13.0 Å². The van der Waals surface area contributed by atoms with E-state index in [0.29, 0.717) is 12.1 Å². The molecule has 1 aromatic carbocycles. The van der Waals surface area contributed by atoms with Gasteiger partial charge >= 0.3 is 5.63 Å². The van der Waals surface area contributed by atoms with Crippen molar-refractivity contribution >= 4 is 28.6 Å². The lowest BCUT2D eigenvalue weighted by atomic mass is 9.90. The van der Waals surface area contributed by atoms with E-state index in [-0.39, 0.29) is 11.1 Å². The van der Waals surface area contributed by atoms with Crippen LogP contribution in [0.25, 0.3) is 17.0 Å². The molecule has 3 heterocycles. The largest absolute Gasteiger partial charge is 0.422 e. The molecule has 150 valence electrons. The SMILES string of the molecule is CCCCNC(=O)/C(C#N)=C/c1cc2cc3c4c(c2oc1=O)CCCN4CCC3. The number of aryl methyl sites for hydroxylation is 2. The van der Waals surface area contributed by atoms with Crippen molar-refractivity contribution in [2.45, 2.75) is 45.4 Å². The van der Waals surface area contributed by atoms with Crippen LogP contribution in [0.5, 0.6) is 0 Å². The van der Waals surface area contributed by atoms with Crippen LogP contribution in [0.4, 0.5) is 5.69 Å². The van der Waals surface area contributed by atoms with Gasteiger partial charge in [0, 0.05) is 36.3 Å². The van der Waals surface area contributed by atoms with E-state index in [0.717, 1.165) is 62.6 Å². The zero-order valence-corrected chi connectivity index (χ0v) is 16.7. The quantitative estimate of drug-likeness (QED) is 0.366. The molecule has 29 heavy (non-hydrogen) atoms. The summed E-state index contributed by atoms with van der Waals surface area (Å²) in [6.07, 6.45) is 7.22. The maximum atomic E-state index is 12.6. The standard InChI is InChI=1S/C23H25N3O3/c1-2-3-8-25-22(27)18(14-24)13-17-12-16-11-15-6-4-9-26-10-5-7-19(20(15)26)21(16)29-23(17)28/h11-13H,2-10H2,1H3,(H,25,27)/b18-13+. The summed E-state index contributed by atoms with van der Waals surface area (Å²) < 4.78 is 5.72. The Bertz CT molecular complexity index is 1090. The number of hydrogen-bond donors (Lipinski definition) is 1. The van der Waals surface area contributed by atoms with Gasteiger partial charge in [-0.2, -0.15) is 5.26 Å². The third kappa shape index (κ3) is 3.65. The number of carbonyl (C=O) groups excluding carboxylic acids is 1. The Morgan fingerprint density at radius 1 is 1.31 bits per heavy atom. The van der Waals surface area contributed by atoms with Crippen molar-refractivity contribution in [2.24, 2.45) is 0 Å². The average molecular weight is 391 g/mol. The second-order valence-electron chi connectivity index (χ2n) is 7.74. The molecular weight excluding hydrogens is 366 g/mol. The Labute approximate surface area is 169 Å². The van der Waals surface area contributed by atoms with Gasteiger partial charge in [-0.05, 0) is 55.9 Å². The van der Waals surface area contributed by atoms with Crippen LogP contribution in [-0.2, 0) is 17.6 Å². The first-order chi connectivity index (χ1) is 14.1. The number of hydrogen-bond acceptors (Lipinski definition) is 5. The Morgan fingerprint density at radius 2 is 2.10 bits per heavy atom. The Hall–Kier alpha value is -3.07. The van der Waals surface area contributed by atoms with Crippen LogP contribution in [0, 0.1) is 11.3 Å². The lowest BCUT2D eigenvalue weighted by Gasteiger charge is -2.37. The van der Waals surface area contributed by atoms with Crippen LogP contribution in [0.15, 0.2) is 26.9 Å². The predicted octanol–water partition coefficient (Wildman–Crippen LogP) is 3.32. The van der Waals surface area contributed by atoms with E-state index >= 15 is 0 Å². The monoisotopic (exact) mass is 391 g/mol. The number of rotatable bonds is 5. The molecule has 0 saturated heterocycles. The number of nitriles is 1. The van der Waals surface area contributed by atoms with Crippen LogP contribution in [0.2, 0.25) is 0 Å². The molecular formula is C23H25N3O3. The van der Waals surface area contributed by atoms with Gasteiger partial charge in [0.2, 0.25) is 0 Å². The highest BCUT2D eigenvalue weighted by Crippen LogP contribution is 2.39. The smallest absolute Gasteiger partial charge is 0.343 e. The lowest BCUT2D eigenvalue weighted by Crippen LogP contribution is -2.34. The van der Waals surface area contributed by atoms with Crippen LogP contribution >= 0.6 is 0 Å². The normalized spacial score (nSPS) is 15.7. The number of benzene rings is 1. The number of fused-ring (bicyclic) bond motifs is 2. The van der Waals surface area contributed by atoms with Crippen LogP contribution in [-0.4, -0.2) is 25.5 Å². The van der Waals surface area contributed by atoms with Crippen molar-refractivity contribution < 1.29 is 9.21 Å². The summed E-state index contributed by atoms with van der Waals surface area (Å²) in [6.45, 7) is 4.63. The third-order valence-corrected chi connectivity index (χ3v) is 5.72. The number of unbranched alkanes of at least 4 members (excludes halogenated alkanes) is 1. The van der Waals surface area contributed by atoms with E-state index < -0.39 is 11.5 Å². The Balaban J connectivity index is 1.76. The number of amides is 1. The minimum Gasteiger partial charge on any atom is -0.422 e. The van der Waals surface area contributed by atoms with Crippen LogP contribution < -0.4 is 15.8 Å². The summed E-state index contributed by atoms with van der Waals surface area (Å²) in [5, 5.41) is 13.0. The predicted molar refractivity (Wildman–Crippen MR) is 113 cm³/mol. The van der Waals surface area contributed by atoms with Gasteiger partial charge in [0.15, 0.2) is 0 Å². The second-order valence-corrected chi connectivity index (χ2v) is 7.74. The molecule has 2 aromatic rings. The van der Waals surface area contributed by atoms with Gasteiger partial charge in [-0.3, -0.25) is 4.79 Å². The van der Waals surface area contributed by atoms with Crippen molar-refractivity contribution in [1.29, 1.82) is 5.26 Å². The molecule has 0 aliphatic carbocycles. The van der Waals surface area contributed by atoms with E-state index in [4.69, 9.17) is 4.42 Å². The van der Waals surface area contributed by atoms with Gasteiger partial charge < -0.3 is 14.6 Å². The van der Waals surface area contributed by atoms with E-state index in [1.54, 1.807) is 6.07 Å². The molecule has 0 atom stereocenters. The molecule has 0 radical (unpaired) electrons. The van der Waals surface area contributed by atoms with Crippen molar-refractivity contribution in [3.8, 4) is 6.07 Å². The van der Waals surface area contributed by atoms with Crippen molar-refractivity contribution in [3.63, 3.8) is 0 Å². The van der Waals surface area contributed by atoms with Crippen molar-refractivity contribution in [2.75, 3.05) is 24.5 Å². The minimum absolute atomic E-state index is 0.0850. The van der Waals surface area contributed by atoms with Crippen LogP contribution in [0.3, 0.4) is 0 Å². The topological polar surface area (TPSA) is 86.3 Å². The molecule has 6 heteroatoms. The molecule has 0 unspecified atom stereocenters. The molecule has 1 N–H and O–H groups in total. The molecule has 2 aliphatic heterocycles. The number of nitrogens with zero attached hydrogens (tertiary/aromatic N) is 2. The van der Waals surface area contributed by atoms with Gasteiger partial charge in [0.25, 0.3) is 5.91 Å². The summed E-state index contributed by atoms with van der Waals surface area (Å²) in [4.78, 5) is 27.3. The average Bonchev–Trinajstić information content (AvgIpc) is 2.73. The molecule has 1 aromatic heterocycles. The van der Waals surface area contributed by atoms with E-state index in [9.17, 15) is 14.9 Å². The molecule has 4 rings (SSSR count). The fraction of sp³-hybridized carbons (Fsp3) is 0.435. The van der Waals surface area contributed by atoms with E-state index in [1.165, 1.54) is 17.3 Å². The molecule has 0 saturated carbocycles. The first-order valence-electron chi connectivity index (χ1n) is 10.4. The number of nitrogens with one attached hydrogen (secondary N) is 1. The first kappa shape index (κ1) is 19.3. The summed E-state index contributed by atoms with van der Waals surface area (Å²) in [7, 11) is 0. The highest BCUT2D eigenvalue weighted by molar-refractivity contribution is 6.02. The van der Waals surface area contributed by atoms with Crippen molar-refractivity contribution in [3.05, 3.63) is 44.8 Å². The number of carbonyl (C=O) groups is 1. The summed E-state index contributed by atoms with van der Waals surface area (Å²) in [6, 6.07) is 5.75. The molecule has 2 aliphatic rings.